The van der Waals surface area contributed by atoms with Crippen LogP contribution in [-0.4, -0.2) is 33.3 Å². The second kappa shape index (κ2) is 5.65. The van der Waals surface area contributed by atoms with E-state index in [1.807, 2.05) is 0 Å². The second-order valence-electron chi connectivity index (χ2n) is 4.56. The summed E-state index contributed by atoms with van der Waals surface area (Å²) in [7, 11) is 1.34. The zero-order valence-corrected chi connectivity index (χ0v) is 11.8. The van der Waals surface area contributed by atoms with Crippen LogP contribution in [-0.2, 0) is 4.74 Å². The molecule has 7 nitrogen and oxygen atoms in total. The fourth-order valence-electron chi connectivity index (χ4n) is 1.92. The van der Waals surface area contributed by atoms with Gasteiger partial charge in [-0.25, -0.2) is 4.79 Å². The molecule has 0 spiro atoms. The van der Waals surface area contributed by atoms with Crippen molar-refractivity contribution in [2.45, 2.75) is 0 Å². The van der Waals surface area contributed by atoms with Crippen molar-refractivity contribution in [2.75, 3.05) is 12.8 Å². The average Bonchev–Trinajstić information content (AvgIpc) is 3.05. The largest absolute Gasteiger partial charge is 0.465 e. The van der Waals surface area contributed by atoms with E-state index in [0.717, 1.165) is 11.3 Å². The van der Waals surface area contributed by atoms with Crippen molar-refractivity contribution < 1.29 is 9.53 Å². The molecule has 22 heavy (non-hydrogen) atoms. The first-order valence-corrected chi connectivity index (χ1v) is 6.52. The van der Waals surface area contributed by atoms with E-state index in [-0.39, 0.29) is 5.97 Å². The van der Waals surface area contributed by atoms with Gasteiger partial charge in [-0.15, -0.1) is 15.0 Å². The lowest BCUT2D eigenvalue weighted by molar-refractivity contribution is 0.0601. The van der Waals surface area contributed by atoms with E-state index in [4.69, 9.17) is 5.73 Å². The molecule has 3 rings (SSSR count). The predicted octanol–water partition coefficient (Wildman–Crippen LogP) is 1.70. The lowest BCUT2D eigenvalue weighted by Crippen LogP contribution is -2.00. The summed E-state index contributed by atoms with van der Waals surface area (Å²) in [6.07, 6.45) is 0. The summed E-state index contributed by atoms with van der Waals surface area (Å²) in [5, 5.41) is 12.3. The van der Waals surface area contributed by atoms with E-state index < -0.39 is 0 Å². The molecule has 2 N–H and O–H groups in total. The number of nitrogens with two attached hydrogens (primary N) is 1. The molecule has 0 fully saturated rings. The van der Waals surface area contributed by atoms with Crippen molar-refractivity contribution in [1.82, 2.24) is 20.2 Å². The summed E-state index contributed by atoms with van der Waals surface area (Å²) in [6, 6.07) is 14.0. The molecule has 0 aliphatic heterocycles. The first-order valence-electron chi connectivity index (χ1n) is 6.52. The number of methoxy groups -OCH3 is 1. The van der Waals surface area contributed by atoms with Gasteiger partial charge in [0.1, 0.15) is 0 Å². The van der Waals surface area contributed by atoms with Crippen LogP contribution in [0.2, 0.25) is 0 Å². The number of hydrogen-bond acceptors (Lipinski definition) is 6. The molecule has 0 amide bonds. The van der Waals surface area contributed by atoms with Crippen LogP contribution in [0.1, 0.15) is 10.4 Å². The van der Waals surface area contributed by atoms with Gasteiger partial charge in [-0.2, -0.15) is 0 Å². The van der Waals surface area contributed by atoms with Gasteiger partial charge in [0.25, 0.3) is 0 Å². The Balaban J connectivity index is 1.87. The maximum absolute atomic E-state index is 11.4. The van der Waals surface area contributed by atoms with Crippen LogP contribution in [0.3, 0.4) is 0 Å². The summed E-state index contributed by atoms with van der Waals surface area (Å²) in [5.74, 6) is 0.0817. The summed E-state index contributed by atoms with van der Waals surface area (Å²) in [4.78, 5) is 12.8. The molecule has 1 heterocycles. The molecule has 2 aromatic carbocycles. The third kappa shape index (κ3) is 2.64. The van der Waals surface area contributed by atoms with Crippen molar-refractivity contribution >= 4 is 11.7 Å². The number of carbonyl (C=O) groups is 1. The van der Waals surface area contributed by atoms with E-state index in [9.17, 15) is 4.79 Å². The topological polar surface area (TPSA) is 95.9 Å². The number of hydrogen-bond donors (Lipinski definition) is 1. The summed E-state index contributed by atoms with van der Waals surface area (Å²) >= 11 is 0. The Morgan fingerprint density at radius 2 is 1.77 bits per heavy atom. The van der Waals surface area contributed by atoms with Gasteiger partial charge in [0, 0.05) is 11.3 Å². The molecule has 0 aliphatic carbocycles. The van der Waals surface area contributed by atoms with Gasteiger partial charge >= 0.3 is 5.97 Å². The number of nitrogens with zero attached hydrogens (tertiary/aromatic N) is 4. The van der Waals surface area contributed by atoms with Crippen LogP contribution in [0.25, 0.3) is 17.1 Å². The highest BCUT2D eigenvalue weighted by Crippen LogP contribution is 2.16. The number of benzene rings is 2. The molecule has 0 saturated carbocycles. The molecule has 0 unspecified atom stereocenters. The first-order chi connectivity index (χ1) is 10.7. The average molecular weight is 295 g/mol. The second-order valence-corrected chi connectivity index (χ2v) is 4.56. The molecule has 7 heteroatoms. The van der Waals surface area contributed by atoms with Gasteiger partial charge < -0.3 is 10.5 Å². The Morgan fingerprint density at radius 3 is 2.41 bits per heavy atom. The molecular weight excluding hydrogens is 282 g/mol. The number of esters is 1. The van der Waals surface area contributed by atoms with Crippen LogP contribution < -0.4 is 5.73 Å². The number of carbonyl (C=O) groups excluding carboxylic acids is 1. The van der Waals surface area contributed by atoms with Gasteiger partial charge in [-0.3, -0.25) is 0 Å². The zero-order chi connectivity index (χ0) is 15.5. The van der Waals surface area contributed by atoms with Crippen molar-refractivity contribution in [2.24, 2.45) is 0 Å². The number of nitrogen functional groups attached to an aromatic ring is 1. The van der Waals surface area contributed by atoms with E-state index in [2.05, 4.69) is 20.1 Å². The van der Waals surface area contributed by atoms with E-state index in [0.29, 0.717) is 17.1 Å². The smallest absolute Gasteiger partial charge is 0.337 e. The van der Waals surface area contributed by atoms with Crippen LogP contribution in [0, 0.1) is 0 Å². The number of aromatic nitrogens is 4. The molecule has 110 valence electrons. The van der Waals surface area contributed by atoms with Crippen molar-refractivity contribution in [3.8, 4) is 17.1 Å². The van der Waals surface area contributed by atoms with Gasteiger partial charge in [0.2, 0.25) is 5.82 Å². The molecule has 0 aliphatic rings. The van der Waals surface area contributed by atoms with Crippen molar-refractivity contribution in [1.29, 1.82) is 0 Å². The minimum atomic E-state index is -0.384. The zero-order valence-electron chi connectivity index (χ0n) is 11.8. The maximum Gasteiger partial charge on any atom is 0.337 e. The molecule has 0 atom stereocenters. The Morgan fingerprint density at radius 1 is 1.09 bits per heavy atom. The van der Waals surface area contributed by atoms with Crippen LogP contribution in [0.15, 0.2) is 48.5 Å². The van der Waals surface area contributed by atoms with Crippen molar-refractivity contribution in [3.63, 3.8) is 0 Å². The molecule has 0 radical (unpaired) electrons. The number of rotatable bonds is 3. The van der Waals surface area contributed by atoms with Gasteiger partial charge in [0.05, 0.1) is 18.4 Å². The SMILES string of the molecule is COC(=O)c1ccc(-c2nnn(-c3ccc(N)cc3)n2)cc1. The van der Waals surface area contributed by atoms with Gasteiger partial charge in [0.15, 0.2) is 0 Å². The number of tetrazole rings is 1. The minimum absolute atomic E-state index is 0.384. The molecule has 0 saturated heterocycles. The highest BCUT2D eigenvalue weighted by molar-refractivity contribution is 5.89. The normalized spacial score (nSPS) is 10.4. The van der Waals surface area contributed by atoms with Gasteiger partial charge in [-0.1, -0.05) is 12.1 Å². The predicted molar refractivity (Wildman–Crippen MR) is 80.3 cm³/mol. The van der Waals surface area contributed by atoms with Crippen LogP contribution >= 0.6 is 0 Å². The summed E-state index contributed by atoms with van der Waals surface area (Å²) < 4.78 is 4.66. The molecule has 0 bridgehead atoms. The summed E-state index contributed by atoms with van der Waals surface area (Å²) in [6.45, 7) is 0. The van der Waals surface area contributed by atoms with Gasteiger partial charge in [-0.05, 0) is 41.6 Å². The lowest BCUT2D eigenvalue weighted by atomic mass is 10.1. The Labute approximate surface area is 126 Å². The standard InChI is InChI=1S/C15H13N5O2/c1-22-15(21)11-4-2-10(3-5-11)14-17-19-20(18-14)13-8-6-12(16)7-9-13/h2-9H,16H2,1H3. The molecule has 1 aromatic heterocycles. The number of anilines is 1. The lowest BCUT2D eigenvalue weighted by Gasteiger charge is -2.00. The van der Waals surface area contributed by atoms with Crippen LogP contribution in [0.4, 0.5) is 5.69 Å². The van der Waals surface area contributed by atoms with E-state index >= 15 is 0 Å². The fraction of sp³-hybridized carbons (Fsp3) is 0.0667. The third-order valence-corrected chi connectivity index (χ3v) is 3.10. The minimum Gasteiger partial charge on any atom is -0.465 e. The monoisotopic (exact) mass is 295 g/mol. The van der Waals surface area contributed by atoms with E-state index in [1.165, 1.54) is 11.9 Å². The highest BCUT2D eigenvalue weighted by Gasteiger charge is 2.09. The van der Waals surface area contributed by atoms with E-state index in [1.54, 1.807) is 48.5 Å². The highest BCUT2D eigenvalue weighted by atomic mass is 16.5. The quantitative estimate of drug-likeness (QED) is 0.583. The molecular formula is C15H13N5O2. The Kier molecular flexibility index (Phi) is 3.53. The Hall–Kier alpha value is -3.22. The third-order valence-electron chi connectivity index (χ3n) is 3.10. The van der Waals surface area contributed by atoms with Crippen LogP contribution in [0.5, 0.6) is 0 Å². The first kappa shape index (κ1) is 13.7. The Bertz CT molecular complexity index is 794. The molecule has 3 aromatic rings. The van der Waals surface area contributed by atoms with Crippen molar-refractivity contribution in [3.05, 3.63) is 54.1 Å². The fourth-order valence-corrected chi connectivity index (χ4v) is 1.92. The summed E-state index contributed by atoms with van der Waals surface area (Å²) in [5.41, 5.74) is 8.31. The number of ether oxygens (including phenoxy) is 1. The maximum atomic E-state index is 11.4.